The summed E-state index contributed by atoms with van der Waals surface area (Å²) >= 11 is 1.59. The molecule has 1 N–H and O–H groups in total. The van der Waals surface area contributed by atoms with Gasteiger partial charge in [0.2, 0.25) is 5.95 Å². The third kappa shape index (κ3) is 3.95. The summed E-state index contributed by atoms with van der Waals surface area (Å²) in [7, 11) is 0. The quantitative estimate of drug-likeness (QED) is 0.540. The van der Waals surface area contributed by atoms with Gasteiger partial charge in [-0.05, 0) is 56.8 Å². The van der Waals surface area contributed by atoms with Crippen LogP contribution in [0.25, 0.3) is 10.7 Å². The second kappa shape index (κ2) is 8.93. The number of nitrogens with one attached hydrogen (secondary N) is 1. The van der Waals surface area contributed by atoms with Gasteiger partial charge in [0.05, 0.1) is 17.1 Å². The summed E-state index contributed by atoms with van der Waals surface area (Å²) in [5.74, 6) is 0.913. The maximum absolute atomic E-state index is 12.9. The molecule has 3 aromatic rings. The van der Waals surface area contributed by atoms with Crippen LogP contribution in [-0.4, -0.2) is 40.4 Å². The molecule has 2 aromatic heterocycles. The van der Waals surface area contributed by atoms with Crippen molar-refractivity contribution in [3.05, 3.63) is 58.6 Å². The molecular weight excluding hydrogens is 410 g/mol. The number of esters is 1. The van der Waals surface area contributed by atoms with E-state index in [0.29, 0.717) is 24.0 Å². The highest BCUT2D eigenvalue weighted by atomic mass is 32.1. The predicted molar refractivity (Wildman–Crippen MR) is 124 cm³/mol. The van der Waals surface area contributed by atoms with E-state index in [1.54, 1.807) is 16.0 Å². The summed E-state index contributed by atoms with van der Waals surface area (Å²) in [5.41, 5.74) is 3.39. The highest BCUT2D eigenvalue weighted by molar-refractivity contribution is 7.13. The van der Waals surface area contributed by atoms with Gasteiger partial charge < -0.3 is 15.0 Å². The first-order chi connectivity index (χ1) is 15.1. The lowest BCUT2D eigenvalue weighted by Crippen LogP contribution is -2.29. The van der Waals surface area contributed by atoms with Gasteiger partial charge in [0.1, 0.15) is 6.04 Å². The molecule has 0 fully saturated rings. The molecule has 162 valence electrons. The fourth-order valence-corrected chi connectivity index (χ4v) is 4.55. The third-order valence-electron chi connectivity index (χ3n) is 5.43. The molecule has 1 aliphatic rings. The van der Waals surface area contributed by atoms with Crippen molar-refractivity contribution in [1.29, 1.82) is 0 Å². The molecule has 0 radical (unpaired) electrons. The number of hydrogen-bond acceptors (Lipinski definition) is 7. The van der Waals surface area contributed by atoms with Gasteiger partial charge in [-0.1, -0.05) is 18.2 Å². The number of rotatable bonds is 7. The Morgan fingerprint density at radius 1 is 1.19 bits per heavy atom. The SMILES string of the molecule is CCOC(=O)C1=C(C)Nc2nc(-c3cccs3)nn2C1c1ccc(N(CC)CC)cc1. The fourth-order valence-electron chi connectivity index (χ4n) is 3.90. The zero-order chi connectivity index (χ0) is 22.0. The van der Waals surface area contributed by atoms with Gasteiger partial charge in [0.15, 0.2) is 5.82 Å². The van der Waals surface area contributed by atoms with Crippen LogP contribution in [0.3, 0.4) is 0 Å². The summed E-state index contributed by atoms with van der Waals surface area (Å²) < 4.78 is 7.18. The minimum absolute atomic E-state index is 0.313. The van der Waals surface area contributed by atoms with E-state index < -0.39 is 6.04 Å². The lowest BCUT2D eigenvalue weighted by molar-refractivity contribution is -0.139. The van der Waals surface area contributed by atoms with Crippen molar-refractivity contribution in [2.75, 3.05) is 29.9 Å². The number of benzene rings is 1. The van der Waals surface area contributed by atoms with E-state index in [2.05, 4.69) is 53.3 Å². The summed E-state index contributed by atoms with van der Waals surface area (Å²) in [6.45, 7) is 10.2. The summed E-state index contributed by atoms with van der Waals surface area (Å²) in [6.07, 6.45) is 0. The molecule has 0 spiro atoms. The molecule has 1 unspecified atom stereocenters. The highest BCUT2D eigenvalue weighted by Crippen LogP contribution is 2.37. The first kappa shape index (κ1) is 21.1. The summed E-state index contributed by atoms with van der Waals surface area (Å²) in [6, 6.07) is 11.9. The Kier molecular flexibility index (Phi) is 6.08. The highest BCUT2D eigenvalue weighted by Gasteiger charge is 2.35. The van der Waals surface area contributed by atoms with Gasteiger partial charge in [-0.2, -0.15) is 4.98 Å². The predicted octanol–water partition coefficient (Wildman–Crippen LogP) is 4.70. The van der Waals surface area contributed by atoms with Crippen LogP contribution in [0.15, 0.2) is 53.0 Å². The molecule has 4 rings (SSSR count). The van der Waals surface area contributed by atoms with Crippen molar-refractivity contribution in [1.82, 2.24) is 14.8 Å². The van der Waals surface area contributed by atoms with Gasteiger partial charge in [0, 0.05) is 24.5 Å². The van der Waals surface area contributed by atoms with Gasteiger partial charge in [-0.3, -0.25) is 0 Å². The van der Waals surface area contributed by atoms with E-state index in [1.165, 1.54) is 0 Å². The molecule has 31 heavy (non-hydrogen) atoms. The van der Waals surface area contributed by atoms with E-state index >= 15 is 0 Å². The number of ether oxygens (including phenoxy) is 1. The van der Waals surface area contributed by atoms with Crippen LogP contribution in [0.1, 0.15) is 39.3 Å². The van der Waals surface area contributed by atoms with E-state index in [4.69, 9.17) is 9.84 Å². The molecule has 8 heteroatoms. The standard InChI is InChI=1S/C23H27N5O2S/c1-5-27(6-2)17-12-10-16(11-13-17)20-19(22(29)30-7-3)15(4)24-23-25-21(26-28(20)23)18-9-8-14-31-18/h8-14,20H,5-7H2,1-4H3,(H,24,25,26). The number of carbonyl (C=O) groups excluding carboxylic acids is 1. The molecule has 7 nitrogen and oxygen atoms in total. The number of carbonyl (C=O) groups is 1. The van der Waals surface area contributed by atoms with E-state index in [0.717, 1.165) is 34.9 Å². The van der Waals surface area contributed by atoms with Crippen LogP contribution >= 0.6 is 11.3 Å². The summed E-state index contributed by atoms with van der Waals surface area (Å²) in [4.78, 5) is 20.9. The van der Waals surface area contributed by atoms with Crippen molar-refractivity contribution in [3.8, 4) is 10.7 Å². The van der Waals surface area contributed by atoms with Crippen LogP contribution in [0.2, 0.25) is 0 Å². The summed E-state index contributed by atoms with van der Waals surface area (Å²) in [5, 5.41) is 10.0. The number of allylic oxidation sites excluding steroid dienone is 1. The average molecular weight is 438 g/mol. The van der Waals surface area contributed by atoms with Crippen LogP contribution in [-0.2, 0) is 9.53 Å². The molecule has 1 aliphatic heterocycles. The normalized spacial score (nSPS) is 15.4. The molecule has 0 bridgehead atoms. The number of anilines is 2. The van der Waals surface area contributed by atoms with E-state index in [1.807, 2.05) is 31.4 Å². The minimum Gasteiger partial charge on any atom is -0.463 e. The monoisotopic (exact) mass is 437 g/mol. The smallest absolute Gasteiger partial charge is 0.338 e. The van der Waals surface area contributed by atoms with Crippen LogP contribution in [0.5, 0.6) is 0 Å². The number of aromatic nitrogens is 3. The molecular formula is C23H27N5O2S. The van der Waals surface area contributed by atoms with Crippen molar-refractivity contribution in [3.63, 3.8) is 0 Å². The lowest BCUT2D eigenvalue weighted by Gasteiger charge is -2.28. The fraction of sp³-hybridized carbons (Fsp3) is 0.348. The van der Waals surface area contributed by atoms with Gasteiger partial charge in [0.25, 0.3) is 0 Å². The Bertz CT molecular complexity index is 1080. The number of fused-ring (bicyclic) bond motifs is 1. The largest absolute Gasteiger partial charge is 0.463 e. The van der Waals surface area contributed by atoms with Gasteiger partial charge >= 0.3 is 5.97 Å². The van der Waals surface area contributed by atoms with Crippen LogP contribution in [0, 0.1) is 0 Å². The third-order valence-corrected chi connectivity index (χ3v) is 6.29. The molecule has 1 aromatic carbocycles. The zero-order valence-electron chi connectivity index (χ0n) is 18.3. The minimum atomic E-state index is -0.415. The van der Waals surface area contributed by atoms with Crippen molar-refractivity contribution < 1.29 is 9.53 Å². The van der Waals surface area contributed by atoms with Crippen molar-refractivity contribution >= 4 is 28.9 Å². The first-order valence-electron chi connectivity index (χ1n) is 10.6. The maximum atomic E-state index is 12.9. The Labute approximate surface area is 186 Å². The topological polar surface area (TPSA) is 72.3 Å². The maximum Gasteiger partial charge on any atom is 0.338 e. The number of nitrogens with zero attached hydrogens (tertiary/aromatic N) is 4. The van der Waals surface area contributed by atoms with Gasteiger partial charge in [-0.25, -0.2) is 9.48 Å². The molecule has 3 heterocycles. The Morgan fingerprint density at radius 3 is 2.55 bits per heavy atom. The molecule has 1 atom stereocenters. The molecule has 0 saturated carbocycles. The lowest BCUT2D eigenvalue weighted by atomic mass is 9.95. The van der Waals surface area contributed by atoms with Crippen molar-refractivity contribution in [2.45, 2.75) is 33.7 Å². The molecule has 0 aliphatic carbocycles. The Hall–Kier alpha value is -3.13. The number of thiophene rings is 1. The average Bonchev–Trinajstić information content (AvgIpc) is 3.44. The van der Waals surface area contributed by atoms with Gasteiger partial charge in [-0.15, -0.1) is 16.4 Å². The molecule has 0 saturated heterocycles. The second-order valence-electron chi connectivity index (χ2n) is 7.23. The number of hydrogen-bond donors (Lipinski definition) is 1. The van der Waals surface area contributed by atoms with E-state index in [9.17, 15) is 4.79 Å². The molecule has 0 amide bonds. The zero-order valence-corrected chi connectivity index (χ0v) is 19.1. The van der Waals surface area contributed by atoms with Crippen LogP contribution < -0.4 is 10.2 Å². The second-order valence-corrected chi connectivity index (χ2v) is 8.18. The first-order valence-corrected chi connectivity index (χ1v) is 11.5. The Morgan fingerprint density at radius 2 is 1.94 bits per heavy atom. The van der Waals surface area contributed by atoms with E-state index in [-0.39, 0.29) is 5.97 Å². The Balaban J connectivity index is 1.80. The van der Waals surface area contributed by atoms with Crippen LogP contribution in [0.4, 0.5) is 11.6 Å². The van der Waals surface area contributed by atoms with Crippen molar-refractivity contribution in [2.24, 2.45) is 0 Å².